The second-order valence-corrected chi connectivity index (χ2v) is 12.2. The molecule has 6 nitrogen and oxygen atoms in total. The number of hydrogen-bond donors (Lipinski definition) is 0. The van der Waals surface area contributed by atoms with Crippen LogP contribution in [0.25, 0.3) is 0 Å². The molecular formula is C18H15N3O3S2. The molecule has 0 spiro atoms. The molecule has 0 N–H and O–H groups in total. The van der Waals surface area contributed by atoms with Crippen molar-refractivity contribution in [3.63, 3.8) is 0 Å². The summed E-state index contributed by atoms with van der Waals surface area (Å²) in [7, 11) is -1.37. The number of amides is 3. The van der Waals surface area contributed by atoms with Gasteiger partial charge in [0.25, 0.3) is 11.8 Å². The van der Waals surface area contributed by atoms with Gasteiger partial charge in [-0.15, -0.1) is 21.8 Å². The molecule has 0 saturated carbocycles. The molecule has 4 fully saturated rings. The highest BCUT2D eigenvalue weighted by Gasteiger charge is 2.73. The fraction of sp³-hybridized carbons (Fsp3) is 0.444. The Balaban J connectivity index is 1.39. The van der Waals surface area contributed by atoms with Gasteiger partial charge in [0, 0.05) is 10.5 Å². The van der Waals surface area contributed by atoms with E-state index in [1.54, 1.807) is 36.0 Å². The molecule has 26 heavy (non-hydrogen) atoms. The minimum absolute atomic E-state index is 0.0360. The predicted octanol–water partition coefficient (Wildman–Crippen LogP) is 1.72. The molecule has 3 amide bonds. The molecule has 4 saturated heterocycles. The van der Waals surface area contributed by atoms with E-state index in [0.29, 0.717) is 22.8 Å². The quantitative estimate of drug-likeness (QED) is 0.418. The lowest BCUT2D eigenvalue weighted by molar-refractivity contribution is -0.138. The molecule has 132 valence electrons. The minimum Gasteiger partial charge on any atom is -0.317 e. The third-order valence-corrected chi connectivity index (χ3v) is 12.1. The standard InChI is InChI=1S/C18H15N3O3S2/c19-8-26-6-5-13(26)21-17(24)11(7-12-14(25-12)18(21)26)20-15(22)9-3-1-2-4-10(9)16(20)23/h1-4,11-14,18H,5-7H2. The first-order valence-electron chi connectivity index (χ1n) is 8.72. The Kier molecular flexibility index (Phi) is 2.70. The molecule has 0 bridgehead atoms. The highest BCUT2D eigenvalue weighted by atomic mass is 32.3. The number of hydrogen-bond acceptors (Lipinski definition) is 5. The van der Waals surface area contributed by atoms with Gasteiger partial charge in [0.2, 0.25) is 5.91 Å². The lowest BCUT2D eigenvalue weighted by atomic mass is 10.1. The van der Waals surface area contributed by atoms with E-state index in [1.807, 2.05) is 4.90 Å². The van der Waals surface area contributed by atoms with Crippen LogP contribution in [0.5, 0.6) is 0 Å². The lowest BCUT2D eigenvalue weighted by Gasteiger charge is -2.70. The molecule has 1 aromatic rings. The summed E-state index contributed by atoms with van der Waals surface area (Å²) in [4.78, 5) is 42.1. The highest BCUT2D eigenvalue weighted by Crippen LogP contribution is 2.79. The van der Waals surface area contributed by atoms with Crippen molar-refractivity contribution in [3.05, 3.63) is 35.4 Å². The smallest absolute Gasteiger partial charge is 0.262 e. The fourth-order valence-corrected chi connectivity index (χ4v) is 10.7. The van der Waals surface area contributed by atoms with Crippen LogP contribution in [0.4, 0.5) is 0 Å². The van der Waals surface area contributed by atoms with Gasteiger partial charge >= 0.3 is 0 Å². The predicted molar refractivity (Wildman–Crippen MR) is 97.6 cm³/mol. The zero-order valence-corrected chi connectivity index (χ0v) is 15.3. The average molecular weight is 385 g/mol. The Hall–Kier alpha value is -1.98. The van der Waals surface area contributed by atoms with Crippen molar-refractivity contribution < 1.29 is 14.4 Å². The maximum Gasteiger partial charge on any atom is 0.262 e. The van der Waals surface area contributed by atoms with E-state index in [9.17, 15) is 19.6 Å². The third kappa shape index (κ3) is 1.52. The Bertz CT molecular complexity index is 924. The summed E-state index contributed by atoms with van der Waals surface area (Å²) in [6, 6.07) is 6.04. The zero-order valence-electron chi connectivity index (χ0n) is 13.7. The van der Waals surface area contributed by atoms with Gasteiger partial charge in [-0.2, -0.15) is 5.26 Å². The largest absolute Gasteiger partial charge is 0.317 e. The normalized spacial score (nSPS) is 44.3. The third-order valence-electron chi connectivity index (χ3n) is 6.41. The molecule has 0 radical (unpaired) electrons. The molecule has 5 aliphatic rings. The summed E-state index contributed by atoms with van der Waals surface area (Å²) in [5.41, 5.74) is 0.769. The maximum atomic E-state index is 13.3. The summed E-state index contributed by atoms with van der Waals surface area (Å²) in [5.74, 6) is 0.0833. The number of rotatable bonds is 1. The molecule has 6 atom stereocenters. The van der Waals surface area contributed by atoms with Gasteiger partial charge in [-0.3, -0.25) is 19.3 Å². The molecule has 6 rings (SSSR count). The molecule has 1 aromatic carbocycles. The van der Waals surface area contributed by atoms with Crippen LogP contribution in [-0.4, -0.2) is 60.6 Å². The number of thioether (sulfide) groups is 1. The average Bonchev–Trinajstić information content (AvgIpc) is 3.35. The van der Waals surface area contributed by atoms with Crippen molar-refractivity contribution >= 4 is 39.5 Å². The van der Waals surface area contributed by atoms with Crippen molar-refractivity contribution in [2.45, 2.75) is 40.1 Å². The molecule has 8 heteroatoms. The van der Waals surface area contributed by atoms with Crippen molar-refractivity contribution in [2.24, 2.45) is 0 Å². The monoisotopic (exact) mass is 385 g/mol. The van der Waals surface area contributed by atoms with E-state index in [-0.39, 0.29) is 33.7 Å². The topological polar surface area (TPSA) is 81.5 Å². The van der Waals surface area contributed by atoms with Crippen LogP contribution in [0, 0.1) is 10.7 Å². The van der Waals surface area contributed by atoms with Crippen molar-refractivity contribution in [1.82, 2.24) is 9.80 Å². The zero-order chi connectivity index (χ0) is 17.8. The summed E-state index contributed by atoms with van der Waals surface area (Å²) in [5, 5.41) is 12.9. The first kappa shape index (κ1) is 15.1. The number of nitriles is 1. The van der Waals surface area contributed by atoms with Gasteiger partial charge in [-0.25, -0.2) is 0 Å². The molecule has 0 aromatic heterocycles. The number of carbonyl (C=O) groups excluding carboxylic acids is 3. The van der Waals surface area contributed by atoms with Gasteiger partial charge < -0.3 is 4.90 Å². The van der Waals surface area contributed by atoms with E-state index in [2.05, 4.69) is 5.40 Å². The van der Waals surface area contributed by atoms with Crippen molar-refractivity contribution in [1.29, 1.82) is 5.26 Å². The van der Waals surface area contributed by atoms with E-state index in [4.69, 9.17) is 0 Å². The van der Waals surface area contributed by atoms with E-state index < -0.39 is 16.1 Å². The number of nitrogens with zero attached hydrogens (tertiary/aromatic N) is 3. The van der Waals surface area contributed by atoms with E-state index >= 15 is 0 Å². The number of imide groups is 1. The summed E-state index contributed by atoms with van der Waals surface area (Å²) >= 11 is 1.81. The van der Waals surface area contributed by atoms with Crippen LogP contribution in [-0.2, 0) is 4.79 Å². The lowest BCUT2D eigenvalue weighted by Crippen LogP contribution is -2.71. The van der Waals surface area contributed by atoms with Crippen LogP contribution in [0.2, 0.25) is 0 Å². The maximum absolute atomic E-state index is 13.3. The second-order valence-electron chi connectivity index (χ2n) is 7.44. The molecular weight excluding hydrogens is 370 g/mol. The number of benzene rings is 1. The van der Waals surface area contributed by atoms with Crippen LogP contribution in [0.3, 0.4) is 0 Å². The van der Waals surface area contributed by atoms with E-state index in [1.165, 1.54) is 4.90 Å². The molecule has 0 aliphatic carbocycles. The van der Waals surface area contributed by atoms with Gasteiger partial charge in [-0.05, 0) is 30.7 Å². The van der Waals surface area contributed by atoms with Crippen LogP contribution < -0.4 is 0 Å². The summed E-state index contributed by atoms with van der Waals surface area (Å²) < 4.78 is 0. The first-order valence-corrected chi connectivity index (χ1v) is 11.6. The molecule has 6 unspecified atom stereocenters. The van der Waals surface area contributed by atoms with Gasteiger partial charge in [0.05, 0.1) is 21.9 Å². The Morgan fingerprint density at radius 2 is 1.85 bits per heavy atom. The Morgan fingerprint density at radius 1 is 1.15 bits per heavy atom. The van der Waals surface area contributed by atoms with Crippen LogP contribution in [0.1, 0.15) is 33.6 Å². The number of fused-ring (bicyclic) bond motifs is 7. The fourth-order valence-electron chi connectivity index (χ4n) is 5.03. The number of thiocyanates is 1. The van der Waals surface area contributed by atoms with Crippen molar-refractivity contribution in [2.75, 3.05) is 5.75 Å². The first-order chi connectivity index (χ1) is 12.6. The second kappa shape index (κ2) is 4.65. The van der Waals surface area contributed by atoms with E-state index in [0.717, 1.165) is 12.2 Å². The van der Waals surface area contributed by atoms with Gasteiger partial charge in [0.1, 0.15) is 11.4 Å². The minimum atomic E-state index is -1.37. The summed E-state index contributed by atoms with van der Waals surface area (Å²) in [6.07, 6.45) is 1.39. The number of carbonyl (C=O) groups is 3. The van der Waals surface area contributed by atoms with Gasteiger partial charge in [-0.1, -0.05) is 12.1 Å². The van der Waals surface area contributed by atoms with Gasteiger partial charge in [0.15, 0.2) is 0 Å². The Morgan fingerprint density at radius 3 is 2.42 bits per heavy atom. The molecule has 5 aliphatic heterocycles. The van der Waals surface area contributed by atoms with Crippen molar-refractivity contribution in [3.8, 4) is 5.40 Å². The van der Waals surface area contributed by atoms with Crippen LogP contribution in [0.15, 0.2) is 24.3 Å². The SMILES string of the molecule is N#CS12CCC1N1C(=O)C(N3C(=O)c4ccccc4C3=O)CC3SC3C12. The molecule has 5 heterocycles. The summed E-state index contributed by atoms with van der Waals surface area (Å²) in [6.45, 7) is 0. The van der Waals surface area contributed by atoms with Crippen LogP contribution >= 0.6 is 21.8 Å². The Labute approximate surface area is 155 Å². The highest BCUT2D eigenvalue weighted by molar-refractivity contribution is 8.40.